The van der Waals surface area contributed by atoms with E-state index in [4.69, 9.17) is 17.3 Å². The van der Waals surface area contributed by atoms with Crippen LogP contribution >= 0.6 is 23.4 Å². The van der Waals surface area contributed by atoms with Crippen molar-refractivity contribution in [1.82, 2.24) is 0 Å². The van der Waals surface area contributed by atoms with Gasteiger partial charge in [0.15, 0.2) is 0 Å². The van der Waals surface area contributed by atoms with Gasteiger partial charge < -0.3 is 5.73 Å². The Balaban J connectivity index is 2.18. The Labute approximate surface area is 105 Å². The van der Waals surface area contributed by atoms with E-state index in [1.807, 2.05) is 36.4 Å². The van der Waals surface area contributed by atoms with Gasteiger partial charge in [-0.15, -0.1) is 11.6 Å². The zero-order chi connectivity index (χ0) is 11.4. The van der Waals surface area contributed by atoms with Crippen LogP contribution in [0.15, 0.2) is 58.3 Å². The third-order valence-corrected chi connectivity index (χ3v) is 3.63. The van der Waals surface area contributed by atoms with Gasteiger partial charge in [0, 0.05) is 21.4 Å². The first-order chi connectivity index (χ1) is 7.79. The van der Waals surface area contributed by atoms with Crippen LogP contribution in [-0.4, -0.2) is 0 Å². The molecule has 0 bridgehead atoms. The molecule has 1 nitrogen and oxygen atoms in total. The van der Waals surface area contributed by atoms with E-state index in [0.717, 1.165) is 16.1 Å². The van der Waals surface area contributed by atoms with E-state index >= 15 is 0 Å². The van der Waals surface area contributed by atoms with Gasteiger partial charge in [0.1, 0.15) is 0 Å². The molecule has 2 aromatic rings. The predicted molar refractivity (Wildman–Crippen MR) is 71.0 cm³/mol. The monoisotopic (exact) mass is 249 g/mol. The molecule has 3 heteroatoms. The van der Waals surface area contributed by atoms with E-state index in [2.05, 4.69) is 12.1 Å². The smallest absolute Gasteiger partial charge is 0.0474 e. The van der Waals surface area contributed by atoms with Crippen LogP contribution in [0.4, 0.5) is 5.69 Å². The van der Waals surface area contributed by atoms with Crippen LogP contribution in [0.3, 0.4) is 0 Å². The Morgan fingerprint density at radius 1 is 1.00 bits per heavy atom. The van der Waals surface area contributed by atoms with Gasteiger partial charge in [0.2, 0.25) is 0 Å². The fraction of sp³-hybridized carbons (Fsp3) is 0.0769. The molecule has 0 fully saturated rings. The van der Waals surface area contributed by atoms with Gasteiger partial charge in [-0.2, -0.15) is 0 Å². The van der Waals surface area contributed by atoms with Gasteiger partial charge in [-0.05, 0) is 29.8 Å². The van der Waals surface area contributed by atoms with E-state index in [1.54, 1.807) is 11.8 Å². The molecule has 0 unspecified atom stereocenters. The van der Waals surface area contributed by atoms with Gasteiger partial charge in [0.25, 0.3) is 0 Å². The summed E-state index contributed by atoms with van der Waals surface area (Å²) in [7, 11) is 0. The lowest BCUT2D eigenvalue weighted by atomic mass is 10.2. The number of halogens is 1. The van der Waals surface area contributed by atoms with Crippen molar-refractivity contribution in [2.75, 3.05) is 5.73 Å². The van der Waals surface area contributed by atoms with E-state index in [9.17, 15) is 0 Å². The average Bonchev–Trinajstić information content (AvgIpc) is 2.33. The first kappa shape index (κ1) is 11.4. The molecular formula is C13H12ClNS. The van der Waals surface area contributed by atoms with Crippen LogP contribution in [0.2, 0.25) is 0 Å². The van der Waals surface area contributed by atoms with E-state index in [1.165, 1.54) is 4.90 Å². The molecule has 0 heterocycles. The molecule has 0 aliphatic carbocycles. The van der Waals surface area contributed by atoms with Gasteiger partial charge in [-0.1, -0.05) is 36.0 Å². The summed E-state index contributed by atoms with van der Waals surface area (Å²) >= 11 is 7.40. The van der Waals surface area contributed by atoms with Crippen LogP contribution in [0.5, 0.6) is 0 Å². The number of hydrogen-bond donors (Lipinski definition) is 1. The van der Waals surface area contributed by atoms with E-state index in [-0.39, 0.29) is 0 Å². The van der Waals surface area contributed by atoms with Gasteiger partial charge in [-0.25, -0.2) is 0 Å². The van der Waals surface area contributed by atoms with Crippen molar-refractivity contribution in [1.29, 1.82) is 0 Å². The van der Waals surface area contributed by atoms with E-state index in [0.29, 0.717) is 5.88 Å². The van der Waals surface area contributed by atoms with Gasteiger partial charge in [-0.3, -0.25) is 0 Å². The Bertz CT molecular complexity index is 468. The highest BCUT2D eigenvalue weighted by Gasteiger charge is 2.00. The molecule has 0 aliphatic heterocycles. The highest BCUT2D eigenvalue weighted by Crippen LogP contribution is 2.31. The molecule has 0 aliphatic rings. The van der Waals surface area contributed by atoms with Crippen molar-refractivity contribution >= 4 is 29.1 Å². The molecule has 16 heavy (non-hydrogen) atoms. The number of anilines is 1. The summed E-state index contributed by atoms with van der Waals surface area (Å²) in [4.78, 5) is 2.26. The fourth-order valence-electron chi connectivity index (χ4n) is 1.35. The zero-order valence-corrected chi connectivity index (χ0v) is 10.3. The molecule has 0 atom stereocenters. The molecule has 2 aromatic carbocycles. The second kappa shape index (κ2) is 5.28. The molecule has 0 amide bonds. The zero-order valence-electron chi connectivity index (χ0n) is 8.69. The molecule has 0 aromatic heterocycles. The molecular weight excluding hydrogens is 238 g/mol. The minimum atomic E-state index is 0.554. The SMILES string of the molecule is Nc1ccccc1Sc1ccc(CCl)cc1. The third-order valence-electron chi connectivity index (χ3n) is 2.22. The highest BCUT2D eigenvalue weighted by molar-refractivity contribution is 7.99. The Kier molecular flexibility index (Phi) is 3.75. The fourth-order valence-corrected chi connectivity index (χ4v) is 2.38. The molecule has 2 rings (SSSR count). The number of nitrogen functional groups attached to an aromatic ring is 1. The van der Waals surface area contributed by atoms with Crippen LogP contribution < -0.4 is 5.73 Å². The van der Waals surface area contributed by atoms with Crippen molar-refractivity contribution in [2.45, 2.75) is 15.7 Å². The lowest BCUT2D eigenvalue weighted by Crippen LogP contribution is -1.87. The lowest BCUT2D eigenvalue weighted by molar-refractivity contribution is 1.33. The van der Waals surface area contributed by atoms with Gasteiger partial charge in [0.05, 0.1) is 0 Å². The minimum Gasteiger partial charge on any atom is -0.398 e. The number of nitrogens with two attached hydrogens (primary N) is 1. The summed E-state index contributed by atoms with van der Waals surface area (Å²) in [6.45, 7) is 0. The number of alkyl halides is 1. The maximum atomic E-state index is 5.88. The Morgan fingerprint density at radius 3 is 2.31 bits per heavy atom. The molecule has 0 radical (unpaired) electrons. The first-order valence-corrected chi connectivity index (χ1v) is 6.32. The van der Waals surface area contributed by atoms with Gasteiger partial charge >= 0.3 is 0 Å². The molecule has 0 saturated heterocycles. The lowest BCUT2D eigenvalue weighted by Gasteiger charge is -2.05. The summed E-state index contributed by atoms with van der Waals surface area (Å²) < 4.78 is 0. The largest absolute Gasteiger partial charge is 0.398 e. The van der Waals surface area contributed by atoms with E-state index < -0.39 is 0 Å². The summed E-state index contributed by atoms with van der Waals surface area (Å²) in [5, 5.41) is 0. The number of hydrogen-bond acceptors (Lipinski definition) is 2. The van der Waals surface area contributed by atoms with Crippen LogP contribution in [0.1, 0.15) is 5.56 Å². The second-order valence-electron chi connectivity index (χ2n) is 3.42. The topological polar surface area (TPSA) is 26.0 Å². The van der Waals surface area contributed by atoms with Crippen molar-refractivity contribution in [3.8, 4) is 0 Å². The summed E-state index contributed by atoms with van der Waals surface area (Å²) in [5.74, 6) is 0.554. The standard InChI is InChI=1S/C13H12ClNS/c14-9-10-5-7-11(8-6-10)16-13-4-2-1-3-12(13)15/h1-8H,9,15H2. The van der Waals surface area contributed by atoms with Crippen LogP contribution in [-0.2, 0) is 5.88 Å². The number of rotatable bonds is 3. The highest BCUT2D eigenvalue weighted by atomic mass is 35.5. The quantitative estimate of drug-likeness (QED) is 0.653. The van der Waals surface area contributed by atoms with Crippen molar-refractivity contribution in [3.05, 3.63) is 54.1 Å². The summed E-state index contributed by atoms with van der Waals surface area (Å²) in [6.07, 6.45) is 0. The van der Waals surface area contributed by atoms with Crippen molar-refractivity contribution in [3.63, 3.8) is 0 Å². The average molecular weight is 250 g/mol. The maximum absolute atomic E-state index is 5.88. The Morgan fingerprint density at radius 2 is 1.69 bits per heavy atom. The van der Waals surface area contributed by atoms with Crippen LogP contribution in [0, 0.1) is 0 Å². The number of benzene rings is 2. The molecule has 2 N–H and O–H groups in total. The molecule has 0 saturated carbocycles. The summed E-state index contributed by atoms with van der Waals surface area (Å²) in [6, 6.07) is 16.1. The normalized spacial score (nSPS) is 10.3. The number of para-hydroxylation sites is 1. The first-order valence-electron chi connectivity index (χ1n) is 4.97. The Hall–Kier alpha value is -1.12. The molecule has 82 valence electrons. The van der Waals surface area contributed by atoms with Crippen molar-refractivity contribution in [2.24, 2.45) is 0 Å². The molecule has 0 spiro atoms. The summed E-state index contributed by atoms with van der Waals surface area (Å²) in [5.41, 5.74) is 7.83. The van der Waals surface area contributed by atoms with Crippen molar-refractivity contribution < 1.29 is 0 Å². The predicted octanol–water partition coefficient (Wildman–Crippen LogP) is 4.16. The minimum absolute atomic E-state index is 0.554. The maximum Gasteiger partial charge on any atom is 0.0474 e. The van der Waals surface area contributed by atoms with Crippen LogP contribution in [0.25, 0.3) is 0 Å². The second-order valence-corrected chi connectivity index (χ2v) is 4.80. The third kappa shape index (κ3) is 2.71.